The van der Waals surface area contributed by atoms with Gasteiger partial charge >= 0.3 is 0 Å². The van der Waals surface area contributed by atoms with Crippen LogP contribution < -0.4 is 4.74 Å². The van der Waals surface area contributed by atoms with E-state index in [1.54, 1.807) is 4.90 Å². The third-order valence-electron chi connectivity index (χ3n) is 2.80. The first-order chi connectivity index (χ1) is 7.77. The van der Waals surface area contributed by atoms with Gasteiger partial charge in [0, 0.05) is 6.54 Å². The van der Waals surface area contributed by atoms with Crippen molar-refractivity contribution in [3.05, 3.63) is 30.3 Å². The van der Waals surface area contributed by atoms with Crippen molar-refractivity contribution in [2.24, 2.45) is 0 Å². The molecule has 0 spiro atoms. The van der Waals surface area contributed by atoms with E-state index >= 15 is 0 Å². The van der Waals surface area contributed by atoms with Crippen LogP contribution in [0.1, 0.15) is 12.8 Å². The molecule has 0 saturated carbocycles. The number of aliphatic hydroxyl groups is 2. The third-order valence-corrected chi connectivity index (χ3v) is 2.80. The van der Waals surface area contributed by atoms with Crippen molar-refractivity contribution in [3.63, 3.8) is 0 Å². The Hall–Kier alpha value is -1.10. The SMILES string of the molecule is OC1CCCN(COc2ccccc2)C1O. The van der Waals surface area contributed by atoms with Gasteiger partial charge in [0.25, 0.3) is 0 Å². The van der Waals surface area contributed by atoms with Gasteiger partial charge in [-0.15, -0.1) is 0 Å². The Morgan fingerprint density at radius 1 is 1.25 bits per heavy atom. The second-order valence-corrected chi connectivity index (χ2v) is 4.02. The second-order valence-electron chi connectivity index (χ2n) is 4.02. The first kappa shape index (κ1) is 11.4. The van der Waals surface area contributed by atoms with Gasteiger partial charge < -0.3 is 14.9 Å². The smallest absolute Gasteiger partial charge is 0.144 e. The molecule has 2 N–H and O–H groups in total. The van der Waals surface area contributed by atoms with Crippen LogP contribution in [0.2, 0.25) is 0 Å². The van der Waals surface area contributed by atoms with Gasteiger partial charge in [-0.05, 0) is 25.0 Å². The molecule has 2 atom stereocenters. The maximum Gasteiger partial charge on any atom is 0.144 e. The minimum atomic E-state index is -0.808. The average molecular weight is 223 g/mol. The summed E-state index contributed by atoms with van der Waals surface area (Å²) in [7, 11) is 0. The zero-order valence-electron chi connectivity index (χ0n) is 9.12. The fourth-order valence-electron chi connectivity index (χ4n) is 1.84. The molecule has 1 saturated heterocycles. The molecule has 0 aliphatic carbocycles. The number of rotatable bonds is 3. The van der Waals surface area contributed by atoms with Gasteiger partial charge in [-0.3, -0.25) is 0 Å². The van der Waals surface area contributed by atoms with E-state index in [1.807, 2.05) is 30.3 Å². The fourth-order valence-corrected chi connectivity index (χ4v) is 1.84. The van der Waals surface area contributed by atoms with Crippen LogP contribution in [0.25, 0.3) is 0 Å². The molecule has 0 aromatic heterocycles. The first-order valence-electron chi connectivity index (χ1n) is 5.55. The van der Waals surface area contributed by atoms with E-state index in [0.717, 1.165) is 18.7 Å². The molecule has 2 rings (SSSR count). The molecule has 0 amide bonds. The lowest BCUT2D eigenvalue weighted by molar-refractivity contribution is -0.128. The standard InChI is InChI=1S/C12H17NO3/c14-11-7-4-8-13(12(11)15)9-16-10-5-2-1-3-6-10/h1-3,5-6,11-12,14-15H,4,7-9H2. The molecule has 1 aliphatic heterocycles. The minimum Gasteiger partial charge on any atom is -0.478 e. The van der Waals surface area contributed by atoms with Crippen molar-refractivity contribution in [2.75, 3.05) is 13.3 Å². The molecule has 1 fully saturated rings. The maximum absolute atomic E-state index is 9.71. The Morgan fingerprint density at radius 3 is 2.75 bits per heavy atom. The Bertz CT molecular complexity index is 317. The zero-order valence-corrected chi connectivity index (χ0v) is 9.12. The van der Waals surface area contributed by atoms with Crippen LogP contribution >= 0.6 is 0 Å². The summed E-state index contributed by atoms with van der Waals surface area (Å²) in [4.78, 5) is 1.74. The molecule has 1 heterocycles. The molecule has 16 heavy (non-hydrogen) atoms. The number of hydrogen-bond acceptors (Lipinski definition) is 4. The van der Waals surface area contributed by atoms with Crippen LogP contribution in [-0.2, 0) is 0 Å². The summed E-state index contributed by atoms with van der Waals surface area (Å²) in [5.41, 5.74) is 0. The van der Waals surface area contributed by atoms with E-state index in [1.165, 1.54) is 0 Å². The van der Waals surface area contributed by atoms with Crippen LogP contribution in [0.3, 0.4) is 0 Å². The lowest BCUT2D eigenvalue weighted by atomic mass is 10.1. The number of piperidine rings is 1. The summed E-state index contributed by atoms with van der Waals surface area (Å²) in [5.74, 6) is 0.773. The number of nitrogens with zero attached hydrogens (tertiary/aromatic N) is 1. The van der Waals surface area contributed by atoms with Gasteiger partial charge in [-0.25, -0.2) is 4.90 Å². The van der Waals surface area contributed by atoms with Gasteiger partial charge in [0.2, 0.25) is 0 Å². The molecule has 1 aromatic rings. The quantitative estimate of drug-likeness (QED) is 0.795. The van der Waals surface area contributed by atoms with E-state index < -0.39 is 12.3 Å². The molecule has 4 heteroatoms. The third kappa shape index (κ3) is 2.72. The van der Waals surface area contributed by atoms with Gasteiger partial charge in [0.05, 0.1) is 6.10 Å². The van der Waals surface area contributed by atoms with Crippen molar-refractivity contribution < 1.29 is 14.9 Å². The lowest BCUT2D eigenvalue weighted by Gasteiger charge is -2.34. The number of para-hydroxylation sites is 1. The molecule has 1 aromatic carbocycles. The molecule has 1 aliphatic rings. The van der Waals surface area contributed by atoms with Crippen LogP contribution in [0.5, 0.6) is 5.75 Å². The highest BCUT2D eigenvalue weighted by Gasteiger charge is 2.28. The normalized spacial score (nSPS) is 26.6. The highest BCUT2D eigenvalue weighted by atomic mass is 16.5. The fraction of sp³-hybridized carbons (Fsp3) is 0.500. The summed E-state index contributed by atoms with van der Waals surface area (Å²) in [6, 6.07) is 9.46. The molecule has 0 radical (unpaired) electrons. The van der Waals surface area contributed by atoms with Crippen LogP contribution in [0.15, 0.2) is 30.3 Å². The number of benzene rings is 1. The van der Waals surface area contributed by atoms with E-state index in [4.69, 9.17) is 4.74 Å². The molecule has 2 unspecified atom stereocenters. The first-order valence-corrected chi connectivity index (χ1v) is 5.55. The highest BCUT2D eigenvalue weighted by Crippen LogP contribution is 2.16. The molecule has 88 valence electrons. The van der Waals surface area contributed by atoms with E-state index in [9.17, 15) is 10.2 Å². The van der Waals surface area contributed by atoms with E-state index in [-0.39, 0.29) is 0 Å². The number of likely N-dealkylation sites (tertiary alicyclic amines) is 1. The van der Waals surface area contributed by atoms with E-state index in [0.29, 0.717) is 13.2 Å². The average Bonchev–Trinajstić information content (AvgIpc) is 2.32. The van der Waals surface area contributed by atoms with Crippen LogP contribution in [0.4, 0.5) is 0 Å². The summed E-state index contributed by atoms with van der Waals surface area (Å²) in [6.45, 7) is 1.06. The van der Waals surface area contributed by atoms with Crippen molar-refractivity contribution in [3.8, 4) is 5.75 Å². The van der Waals surface area contributed by atoms with Gasteiger partial charge in [-0.2, -0.15) is 0 Å². The number of aliphatic hydroxyl groups excluding tert-OH is 2. The summed E-state index contributed by atoms with van der Waals surface area (Å²) < 4.78 is 5.52. The number of hydrogen-bond donors (Lipinski definition) is 2. The van der Waals surface area contributed by atoms with Crippen molar-refractivity contribution in [2.45, 2.75) is 25.2 Å². The Morgan fingerprint density at radius 2 is 2.00 bits per heavy atom. The summed E-state index contributed by atoms with van der Waals surface area (Å²) >= 11 is 0. The summed E-state index contributed by atoms with van der Waals surface area (Å²) in [5, 5.41) is 19.2. The van der Waals surface area contributed by atoms with Gasteiger partial charge in [0.1, 0.15) is 18.7 Å². The van der Waals surface area contributed by atoms with Crippen molar-refractivity contribution in [1.29, 1.82) is 0 Å². The molecule has 4 nitrogen and oxygen atoms in total. The van der Waals surface area contributed by atoms with Crippen molar-refractivity contribution in [1.82, 2.24) is 4.90 Å². The lowest BCUT2D eigenvalue weighted by Crippen LogP contribution is -2.49. The predicted octanol–water partition coefficient (Wildman–Crippen LogP) is 0.798. The van der Waals surface area contributed by atoms with Crippen molar-refractivity contribution >= 4 is 0 Å². The predicted molar refractivity (Wildman–Crippen MR) is 59.9 cm³/mol. The minimum absolute atomic E-state index is 0.308. The monoisotopic (exact) mass is 223 g/mol. The Balaban J connectivity index is 1.85. The topological polar surface area (TPSA) is 52.9 Å². The largest absolute Gasteiger partial charge is 0.478 e. The molecular weight excluding hydrogens is 206 g/mol. The Kier molecular flexibility index (Phi) is 3.77. The maximum atomic E-state index is 9.71. The molecular formula is C12H17NO3. The molecule has 0 bridgehead atoms. The zero-order chi connectivity index (χ0) is 11.4. The van der Waals surface area contributed by atoms with E-state index in [2.05, 4.69) is 0 Å². The van der Waals surface area contributed by atoms with Crippen LogP contribution in [0, 0.1) is 0 Å². The Labute approximate surface area is 95.1 Å². The van der Waals surface area contributed by atoms with Gasteiger partial charge in [0.15, 0.2) is 0 Å². The summed E-state index contributed by atoms with van der Waals surface area (Å²) in [6.07, 6.45) is 0.0740. The van der Waals surface area contributed by atoms with Crippen LogP contribution in [-0.4, -0.2) is 40.7 Å². The number of ether oxygens (including phenoxy) is 1. The highest BCUT2D eigenvalue weighted by molar-refractivity contribution is 5.20. The second kappa shape index (κ2) is 5.30. The van der Waals surface area contributed by atoms with Gasteiger partial charge in [-0.1, -0.05) is 18.2 Å².